The second kappa shape index (κ2) is 4.75. The van der Waals surface area contributed by atoms with Crippen LogP contribution in [0.15, 0.2) is 12.4 Å². The van der Waals surface area contributed by atoms with Gasteiger partial charge in [-0.3, -0.25) is 4.39 Å². The maximum atomic E-state index is 12.6. The van der Waals surface area contributed by atoms with Crippen molar-refractivity contribution in [3.05, 3.63) is 17.5 Å². The van der Waals surface area contributed by atoms with Crippen molar-refractivity contribution < 1.29 is 4.39 Å². The smallest absolute Gasteiger partial charge is 0.134 e. The molecular formula is C10H13ClFN3. The van der Waals surface area contributed by atoms with Gasteiger partial charge in [0, 0.05) is 25.1 Å². The molecular weight excluding hydrogens is 217 g/mol. The molecule has 0 amide bonds. The molecule has 1 aromatic rings. The lowest BCUT2D eigenvalue weighted by atomic mass is 10.00. The van der Waals surface area contributed by atoms with Gasteiger partial charge in [-0.2, -0.15) is 0 Å². The molecule has 1 atom stereocenters. The molecule has 0 radical (unpaired) electrons. The van der Waals surface area contributed by atoms with Crippen LogP contribution in [0.5, 0.6) is 0 Å². The Morgan fingerprint density at radius 2 is 2.40 bits per heavy atom. The first kappa shape index (κ1) is 10.6. The summed E-state index contributed by atoms with van der Waals surface area (Å²) in [6.07, 6.45) is 3.42. The summed E-state index contributed by atoms with van der Waals surface area (Å²) < 4.78 is 12.6. The van der Waals surface area contributed by atoms with Crippen LogP contribution < -0.4 is 4.90 Å². The molecule has 1 aromatic heterocycles. The summed E-state index contributed by atoms with van der Waals surface area (Å²) >= 11 is 5.78. The standard InChI is InChI=1S/C10H13ClFN3/c11-9-4-10(14-7-13-9)15-3-1-2-8(5-12)6-15/h4,7-8H,1-3,5-6H2. The van der Waals surface area contributed by atoms with Gasteiger partial charge in [0.1, 0.15) is 17.3 Å². The number of alkyl halides is 1. The van der Waals surface area contributed by atoms with E-state index in [9.17, 15) is 4.39 Å². The molecule has 3 nitrogen and oxygen atoms in total. The highest BCUT2D eigenvalue weighted by molar-refractivity contribution is 6.29. The van der Waals surface area contributed by atoms with E-state index < -0.39 is 0 Å². The first-order valence-corrected chi connectivity index (χ1v) is 5.46. The third-order valence-corrected chi connectivity index (χ3v) is 2.89. The second-order valence-corrected chi connectivity index (χ2v) is 4.19. The number of aromatic nitrogens is 2. The van der Waals surface area contributed by atoms with E-state index in [4.69, 9.17) is 11.6 Å². The molecule has 2 heterocycles. The van der Waals surface area contributed by atoms with Crippen LogP contribution in [0.3, 0.4) is 0 Å². The Hall–Kier alpha value is -0.900. The molecule has 1 unspecified atom stereocenters. The number of rotatable bonds is 2. The first-order chi connectivity index (χ1) is 7.29. The van der Waals surface area contributed by atoms with Gasteiger partial charge in [0.25, 0.3) is 0 Å². The molecule has 2 rings (SSSR count). The molecule has 1 saturated heterocycles. The Kier molecular flexibility index (Phi) is 3.36. The van der Waals surface area contributed by atoms with Gasteiger partial charge in [-0.1, -0.05) is 11.6 Å². The average Bonchev–Trinajstić information content (AvgIpc) is 2.29. The van der Waals surface area contributed by atoms with Crippen LogP contribution in [0.1, 0.15) is 12.8 Å². The van der Waals surface area contributed by atoms with E-state index in [0.717, 1.165) is 31.7 Å². The van der Waals surface area contributed by atoms with Crippen LogP contribution in [-0.4, -0.2) is 29.7 Å². The minimum atomic E-state index is -0.255. The van der Waals surface area contributed by atoms with Crippen LogP contribution in [0.2, 0.25) is 5.15 Å². The van der Waals surface area contributed by atoms with Crippen molar-refractivity contribution in [2.45, 2.75) is 12.8 Å². The zero-order chi connectivity index (χ0) is 10.7. The lowest BCUT2D eigenvalue weighted by Gasteiger charge is -2.32. The van der Waals surface area contributed by atoms with Gasteiger partial charge in [-0.25, -0.2) is 9.97 Å². The van der Waals surface area contributed by atoms with Crippen molar-refractivity contribution >= 4 is 17.4 Å². The zero-order valence-electron chi connectivity index (χ0n) is 8.37. The van der Waals surface area contributed by atoms with Crippen molar-refractivity contribution in [3.63, 3.8) is 0 Å². The molecule has 1 fully saturated rings. The van der Waals surface area contributed by atoms with Crippen molar-refractivity contribution in [1.82, 2.24) is 9.97 Å². The lowest BCUT2D eigenvalue weighted by molar-refractivity contribution is 0.315. The van der Waals surface area contributed by atoms with E-state index in [1.54, 1.807) is 6.07 Å². The highest BCUT2D eigenvalue weighted by atomic mass is 35.5. The summed E-state index contributed by atoms with van der Waals surface area (Å²) in [5, 5.41) is 0.433. The molecule has 0 aromatic carbocycles. The normalized spacial score (nSPS) is 21.7. The van der Waals surface area contributed by atoms with E-state index in [1.807, 2.05) is 0 Å². The summed E-state index contributed by atoms with van der Waals surface area (Å²) in [4.78, 5) is 10.0. The molecule has 0 aliphatic carbocycles. The summed E-state index contributed by atoms with van der Waals surface area (Å²) in [6, 6.07) is 1.72. The van der Waals surface area contributed by atoms with E-state index in [1.165, 1.54) is 6.33 Å². The van der Waals surface area contributed by atoms with Crippen LogP contribution >= 0.6 is 11.6 Å². The van der Waals surface area contributed by atoms with Gasteiger partial charge >= 0.3 is 0 Å². The van der Waals surface area contributed by atoms with Crippen LogP contribution in [0.25, 0.3) is 0 Å². The van der Waals surface area contributed by atoms with Gasteiger partial charge in [0.15, 0.2) is 0 Å². The number of piperidine rings is 1. The monoisotopic (exact) mass is 229 g/mol. The largest absolute Gasteiger partial charge is 0.356 e. The predicted molar refractivity (Wildman–Crippen MR) is 58.0 cm³/mol. The Labute approximate surface area is 93.3 Å². The van der Waals surface area contributed by atoms with E-state index in [-0.39, 0.29) is 12.6 Å². The fourth-order valence-electron chi connectivity index (χ4n) is 1.90. The maximum absolute atomic E-state index is 12.6. The summed E-state index contributed by atoms with van der Waals surface area (Å²) in [5.41, 5.74) is 0. The maximum Gasteiger partial charge on any atom is 0.134 e. The van der Waals surface area contributed by atoms with E-state index in [0.29, 0.717) is 5.15 Å². The molecule has 0 N–H and O–H groups in total. The van der Waals surface area contributed by atoms with Crippen molar-refractivity contribution in [3.8, 4) is 0 Å². The number of hydrogen-bond acceptors (Lipinski definition) is 3. The van der Waals surface area contributed by atoms with Gasteiger partial charge in [-0.15, -0.1) is 0 Å². The number of nitrogens with zero attached hydrogens (tertiary/aromatic N) is 3. The SMILES string of the molecule is FCC1CCCN(c2cc(Cl)ncn2)C1. The molecule has 0 bridgehead atoms. The number of anilines is 1. The Morgan fingerprint density at radius 3 is 3.13 bits per heavy atom. The van der Waals surface area contributed by atoms with Crippen LogP contribution in [0, 0.1) is 5.92 Å². The fourth-order valence-corrected chi connectivity index (χ4v) is 2.04. The van der Waals surface area contributed by atoms with Crippen molar-refractivity contribution in [2.75, 3.05) is 24.7 Å². The predicted octanol–water partition coefficient (Wildman–Crippen LogP) is 2.32. The molecule has 1 aliphatic heterocycles. The third kappa shape index (κ3) is 2.56. The zero-order valence-corrected chi connectivity index (χ0v) is 9.12. The Balaban J connectivity index is 2.09. The molecule has 0 saturated carbocycles. The van der Waals surface area contributed by atoms with E-state index >= 15 is 0 Å². The van der Waals surface area contributed by atoms with E-state index in [2.05, 4.69) is 14.9 Å². The van der Waals surface area contributed by atoms with Crippen molar-refractivity contribution in [1.29, 1.82) is 0 Å². The first-order valence-electron chi connectivity index (χ1n) is 5.08. The second-order valence-electron chi connectivity index (χ2n) is 3.81. The Bertz CT molecular complexity index is 334. The average molecular weight is 230 g/mol. The number of halogens is 2. The molecule has 5 heteroatoms. The molecule has 82 valence electrons. The quantitative estimate of drug-likeness (QED) is 0.729. The summed E-state index contributed by atoms with van der Waals surface area (Å²) in [6.45, 7) is 1.39. The Morgan fingerprint density at radius 1 is 1.53 bits per heavy atom. The minimum absolute atomic E-state index is 0.132. The minimum Gasteiger partial charge on any atom is -0.356 e. The third-order valence-electron chi connectivity index (χ3n) is 2.68. The molecule has 15 heavy (non-hydrogen) atoms. The summed E-state index contributed by atoms with van der Waals surface area (Å²) in [5.74, 6) is 0.931. The lowest BCUT2D eigenvalue weighted by Crippen LogP contribution is -2.36. The van der Waals surface area contributed by atoms with Gasteiger partial charge in [0.05, 0.1) is 6.67 Å². The summed E-state index contributed by atoms with van der Waals surface area (Å²) in [7, 11) is 0. The number of hydrogen-bond donors (Lipinski definition) is 0. The highest BCUT2D eigenvalue weighted by Crippen LogP contribution is 2.22. The van der Waals surface area contributed by atoms with Gasteiger partial charge < -0.3 is 4.90 Å². The van der Waals surface area contributed by atoms with Gasteiger partial charge in [-0.05, 0) is 12.8 Å². The molecule has 0 spiro atoms. The van der Waals surface area contributed by atoms with Crippen molar-refractivity contribution in [2.24, 2.45) is 5.92 Å². The van der Waals surface area contributed by atoms with Crippen LogP contribution in [-0.2, 0) is 0 Å². The highest BCUT2D eigenvalue weighted by Gasteiger charge is 2.20. The molecule has 1 aliphatic rings. The fraction of sp³-hybridized carbons (Fsp3) is 0.600. The van der Waals surface area contributed by atoms with Crippen LogP contribution in [0.4, 0.5) is 10.2 Å². The topological polar surface area (TPSA) is 29.0 Å². The van der Waals surface area contributed by atoms with Gasteiger partial charge in [0.2, 0.25) is 0 Å².